The van der Waals surface area contributed by atoms with E-state index in [2.05, 4.69) is 11.8 Å². The molecule has 1 aliphatic heterocycles. The van der Waals surface area contributed by atoms with E-state index in [1.54, 1.807) is 19.2 Å². The van der Waals surface area contributed by atoms with Crippen molar-refractivity contribution in [2.75, 3.05) is 13.7 Å². The van der Waals surface area contributed by atoms with Gasteiger partial charge in [0.15, 0.2) is 0 Å². The van der Waals surface area contributed by atoms with Crippen LogP contribution >= 0.6 is 0 Å². The molecule has 3 heteroatoms. The number of aromatic hydroxyl groups is 1. The van der Waals surface area contributed by atoms with Gasteiger partial charge >= 0.3 is 0 Å². The molecule has 1 unspecified atom stereocenters. The minimum atomic E-state index is 0.364. The van der Waals surface area contributed by atoms with Crippen molar-refractivity contribution in [1.82, 2.24) is 4.90 Å². The van der Waals surface area contributed by atoms with Gasteiger partial charge in [-0.1, -0.05) is 6.42 Å². The van der Waals surface area contributed by atoms with Crippen molar-refractivity contribution >= 4 is 0 Å². The van der Waals surface area contributed by atoms with Gasteiger partial charge in [-0.2, -0.15) is 0 Å². The van der Waals surface area contributed by atoms with Crippen LogP contribution < -0.4 is 4.74 Å². The average molecular weight is 235 g/mol. The molecule has 1 saturated heterocycles. The van der Waals surface area contributed by atoms with E-state index in [4.69, 9.17) is 4.74 Å². The minimum absolute atomic E-state index is 0.364. The van der Waals surface area contributed by atoms with Gasteiger partial charge in [0.2, 0.25) is 0 Å². The second kappa shape index (κ2) is 5.41. The van der Waals surface area contributed by atoms with Crippen molar-refractivity contribution < 1.29 is 9.84 Å². The Kier molecular flexibility index (Phi) is 3.89. The summed E-state index contributed by atoms with van der Waals surface area (Å²) in [4.78, 5) is 2.43. The van der Waals surface area contributed by atoms with Gasteiger partial charge in [0, 0.05) is 18.2 Å². The molecular weight excluding hydrogens is 214 g/mol. The lowest BCUT2D eigenvalue weighted by Crippen LogP contribution is -2.36. The number of hydrogen-bond donors (Lipinski definition) is 1. The van der Waals surface area contributed by atoms with Crippen LogP contribution in [-0.2, 0) is 6.54 Å². The SMILES string of the molecule is COc1ccc(O)c(CN2CCCCC2C)c1. The van der Waals surface area contributed by atoms with Gasteiger partial charge in [-0.3, -0.25) is 4.90 Å². The summed E-state index contributed by atoms with van der Waals surface area (Å²) in [5.41, 5.74) is 0.957. The lowest BCUT2D eigenvalue weighted by Gasteiger charge is -2.33. The minimum Gasteiger partial charge on any atom is -0.508 e. The van der Waals surface area contributed by atoms with Crippen LogP contribution in [0.4, 0.5) is 0 Å². The monoisotopic (exact) mass is 235 g/mol. The van der Waals surface area contributed by atoms with Gasteiger partial charge in [-0.05, 0) is 44.5 Å². The Labute approximate surface area is 103 Å². The number of likely N-dealkylation sites (tertiary alicyclic amines) is 1. The molecule has 0 aromatic heterocycles. The highest BCUT2D eigenvalue weighted by molar-refractivity contribution is 5.39. The van der Waals surface area contributed by atoms with Crippen molar-refractivity contribution in [3.05, 3.63) is 23.8 Å². The fourth-order valence-corrected chi connectivity index (χ4v) is 2.43. The molecule has 0 saturated carbocycles. The van der Waals surface area contributed by atoms with E-state index < -0.39 is 0 Å². The lowest BCUT2D eigenvalue weighted by atomic mass is 10.0. The maximum absolute atomic E-state index is 9.87. The van der Waals surface area contributed by atoms with Gasteiger partial charge in [-0.15, -0.1) is 0 Å². The van der Waals surface area contributed by atoms with E-state index in [1.165, 1.54) is 19.3 Å². The second-order valence-corrected chi connectivity index (χ2v) is 4.81. The molecule has 1 atom stereocenters. The van der Waals surface area contributed by atoms with Crippen LogP contribution in [0.5, 0.6) is 11.5 Å². The van der Waals surface area contributed by atoms with E-state index >= 15 is 0 Å². The van der Waals surface area contributed by atoms with Crippen molar-refractivity contribution in [3.63, 3.8) is 0 Å². The Balaban J connectivity index is 2.11. The molecule has 94 valence electrons. The summed E-state index contributed by atoms with van der Waals surface area (Å²) in [6.45, 7) is 4.19. The van der Waals surface area contributed by atoms with Gasteiger partial charge in [0.05, 0.1) is 7.11 Å². The third-order valence-electron chi connectivity index (χ3n) is 3.60. The molecule has 0 amide bonds. The summed E-state index contributed by atoms with van der Waals surface area (Å²) in [5.74, 6) is 1.17. The number of phenols is 1. The van der Waals surface area contributed by atoms with Crippen molar-refractivity contribution in [2.24, 2.45) is 0 Å². The Bertz CT molecular complexity index is 378. The molecule has 1 heterocycles. The quantitative estimate of drug-likeness (QED) is 0.874. The van der Waals surface area contributed by atoms with Gasteiger partial charge in [-0.25, -0.2) is 0 Å². The van der Waals surface area contributed by atoms with Crippen LogP contribution in [0, 0.1) is 0 Å². The number of methoxy groups -OCH3 is 1. The Hall–Kier alpha value is -1.22. The van der Waals surface area contributed by atoms with Crippen LogP contribution in [0.15, 0.2) is 18.2 Å². The second-order valence-electron chi connectivity index (χ2n) is 4.81. The van der Waals surface area contributed by atoms with E-state index in [1.807, 2.05) is 6.07 Å². The number of hydrogen-bond acceptors (Lipinski definition) is 3. The highest BCUT2D eigenvalue weighted by Crippen LogP contribution is 2.26. The summed E-state index contributed by atoms with van der Waals surface area (Å²) < 4.78 is 5.20. The first kappa shape index (κ1) is 12.2. The van der Waals surface area contributed by atoms with Crippen LogP contribution in [0.3, 0.4) is 0 Å². The molecule has 1 aliphatic rings. The molecule has 0 radical (unpaired) electrons. The number of ether oxygens (including phenoxy) is 1. The fourth-order valence-electron chi connectivity index (χ4n) is 2.43. The molecule has 1 N–H and O–H groups in total. The largest absolute Gasteiger partial charge is 0.508 e. The van der Waals surface area contributed by atoms with Gasteiger partial charge < -0.3 is 9.84 Å². The Morgan fingerprint density at radius 1 is 1.41 bits per heavy atom. The van der Waals surface area contributed by atoms with Crippen molar-refractivity contribution in [3.8, 4) is 11.5 Å². The molecule has 0 spiro atoms. The summed E-state index contributed by atoms with van der Waals surface area (Å²) >= 11 is 0. The first-order valence-electron chi connectivity index (χ1n) is 6.30. The standard InChI is InChI=1S/C14H21NO2/c1-11-5-3-4-8-15(11)10-12-9-13(17-2)6-7-14(12)16/h6-7,9,11,16H,3-5,8,10H2,1-2H3. The Morgan fingerprint density at radius 2 is 2.24 bits per heavy atom. The molecule has 1 aromatic carbocycles. The zero-order valence-electron chi connectivity index (χ0n) is 10.6. The van der Waals surface area contributed by atoms with E-state index in [-0.39, 0.29) is 0 Å². The summed E-state index contributed by atoms with van der Waals surface area (Å²) in [7, 11) is 1.65. The highest BCUT2D eigenvalue weighted by atomic mass is 16.5. The lowest BCUT2D eigenvalue weighted by molar-refractivity contribution is 0.151. The molecular formula is C14H21NO2. The number of phenolic OH excluding ortho intramolecular Hbond substituents is 1. The predicted octanol–water partition coefficient (Wildman–Crippen LogP) is 2.78. The topological polar surface area (TPSA) is 32.7 Å². The summed E-state index contributed by atoms with van der Waals surface area (Å²) in [5, 5.41) is 9.87. The predicted molar refractivity (Wildman–Crippen MR) is 68.4 cm³/mol. The number of rotatable bonds is 3. The maximum atomic E-state index is 9.87. The molecule has 17 heavy (non-hydrogen) atoms. The van der Waals surface area contributed by atoms with Crippen molar-refractivity contribution in [2.45, 2.75) is 38.8 Å². The molecule has 1 aromatic rings. The third-order valence-corrected chi connectivity index (χ3v) is 3.60. The molecule has 2 rings (SSSR count). The number of benzene rings is 1. The van der Waals surface area contributed by atoms with E-state index in [0.717, 1.165) is 24.4 Å². The number of nitrogens with zero attached hydrogens (tertiary/aromatic N) is 1. The van der Waals surface area contributed by atoms with Crippen molar-refractivity contribution in [1.29, 1.82) is 0 Å². The van der Waals surface area contributed by atoms with Crippen LogP contribution in [-0.4, -0.2) is 29.7 Å². The Morgan fingerprint density at radius 3 is 2.94 bits per heavy atom. The van der Waals surface area contributed by atoms with Crippen LogP contribution in [0.2, 0.25) is 0 Å². The summed E-state index contributed by atoms with van der Waals surface area (Å²) in [6, 6.07) is 6.03. The van der Waals surface area contributed by atoms with E-state index in [0.29, 0.717) is 11.8 Å². The van der Waals surface area contributed by atoms with Gasteiger partial charge in [0.1, 0.15) is 11.5 Å². The first-order chi connectivity index (χ1) is 8.20. The molecule has 0 bridgehead atoms. The normalized spacial score (nSPS) is 21.4. The zero-order chi connectivity index (χ0) is 12.3. The third kappa shape index (κ3) is 2.91. The number of piperidine rings is 1. The average Bonchev–Trinajstić information content (AvgIpc) is 2.35. The molecule has 3 nitrogen and oxygen atoms in total. The zero-order valence-corrected chi connectivity index (χ0v) is 10.6. The fraction of sp³-hybridized carbons (Fsp3) is 0.571. The highest BCUT2D eigenvalue weighted by Gasteiger charge is 2.19. The van der Waals surface area contributed by atoms with Gasteiger partial charge in [0.25, 0.3) is 0 Å². The first-order valence-corrected chi connectivity index (χ1v) is 6.30. The van der Waals surface area contributed by atoms with Crippen LogP contribution in [0.1, 0.15) is 31.7 Å². The molecule has 1 fully saturated rings. The van der Waals surface area contributed by atoms with Crippen LogP contribution in [0.25, 0.3) is 0 Å². The smallest absolute Gasteiger partial charge is 0.120 e. The van der Waals surface area contributed by atoms with E-state index in [9.17, 15) is 5.11 Å². The molecule has 0 aliphatic carbocycles. The summed E-state index contributed by atoms with van der Waals surface area (Å²) in [6.07, 6.45) is 3.83. The maximum Gasteiger partial charge on any atom is 0.120 e.